The molecule has 5 nitrogen and oxygen atoms in total. The topological polar surface area (TPSA) is 89.6 Å². The van der Waals surface area contributed by atoms with Gasteiger partial charge in [0.2, 0.25) is 0 Å². The summed E-state index contributed by atoms with van der Waals surface area (Å²) in [7, 11) is 0. The zero-order valence-corrected chi connectivity index (χ0v) is 7.23. The normalized spacial score (nSPS) is 7.46. The number of esters is 1. The predicted molar refractivity (Wildman–Crippen MR) is 48.0 cm³/mol. The average molecular weight is 187 g/mol. The second-order valence-corrected chi connectivity index (χ2v) is 1.70. The van der Waals surface area contributed by atoms with E-state index >= 15 is 0 Å². The molecule has 0 heterocycles. The molecule has 0 atom stereocenters. The fourth-order valence-electron chi connectivity index (χ4n) is 0.218. The van der Waals surface area contributed by atoms with Gasteiger partial charge in [-0.15, -0.1) is 0 Å². The van der Waals surface area contributed by atoms with Crippen molar-refractivity contribution in [2.45, 2.75) is 0 Å². The van der Waals surface area contributed by atoms with Gasteiger partial charge in [0.05, 0.1) is 0 Å². The van der Waals surface area contributed by atoms with E-state index < -0.39 is 11.9 Å². The highest BCUT2D eigenvalue weighted by molar-refractivity contribution is 5.81. The van der Waals surface area contributed by atoms with Crippen LogP contribution in [0.4, 0.5) is 0 Å². The Morgan fingerprint density at radius 3 is 2.08 bits per heavy atom. The third kappa shape index (κ3) is 17.9. The Labute approximate surface area is 76.5 Å². The molecule has 0 spiro atoms. The maximum absolute atomic E-state index is 10.2. The van der Waals surface area contributed by atoms with Crippen LogP contribution < -0.4 is 5.73 Å². The lowest BCUT2D eigenvalue weighted by Gasteiger charge is -1.94. The Bertz CT molecular complexity index is 189. The van der Waals surface area contributed by atoms with Crippen LogP contribution in [0.25, 0.3) is 0 Å². The second kappa shape index (κ2) is 10.4. The summed E-state index contributed by atoms with van der Waals surface area (Å²) in [4.78, 5) is 19.4. The number of hydrogen-bond donors (Lipinski definition) is 2. The van der Waals surface area contributed by atoms with Crippen LogP contribution in [0.5, 0.6) is 0 Å². The van der Waals surface area contributed by atoms with Gasteiger partial charge in [0.15, 0.2) is 0 Å². The van der Waals surface area contributed by atoms with Crippen LogP contribution in [0.3, 0.4) is 0 Å². The van der Waals surface area contributed by atoms with Gasteiger partial charge in [0.1, 0.15) is 6.61 Å². The van der Waals surface area contributed by atoms with Crippen LogP contribution >= 0.6 is 0 Å². The van der Waals surface area contributed by atoms with Crippen molar-refractivity contribution in [1.82, 2.24) is 0 Å². The fourth-order valence-corrected chi connectivity index (χ4v) is 0.218. The van der Waals surface area contributed by atoms with Gasteiger partial charge in [-0.2, -0.15) is 0 Å². The lowest BCUT2D eigenvalue weighted by Crippen LogP contribution is -2.11. The van der Waals surface area contributed by atoms with Crippen LogP contribution in [-0.4, -0.2) is 30.2 Å². The molecule has 0 rings (SSSR count). The number of rotatable bonds is 4. The minimum atomic E-state index is -0.981. The standard InChI is InChI=1S/C5H9NO2.C3H4O2/c1-2-5(7)8-4-3-6;1-2-3(4)5/h2H,1,3-4,6H2;2H,1H2,(H,4,5). The maximum atomic E-state index is 10.2. The number of carbonyl (C=O) groups is 2. The molecule has 0 aromatic carbocycles. The highest BCUT2D eigenvalue weighted by Crippen LogP contribution is 1.74. The predicted octanol–water partition coefficient (Wildman–Crippen LogP) is -0.0687. The van der Waals surface area contributed by atoms with Gasteiger partial charge in [-0.3, -0.25) is 0 Å². The van der Waals surface area contributed by atoms with Gasteiger partial charge in [0.25, 0.3) is 0 Å². The smallest absolute Gasteiger partial charge is 0.330 e. The van der Waals surface area contributed by atoms with Crippen molar-refractivity contribution in [3.8, 4) is 0 Å². The molecule has 74 valence electrons. The monoisotopic (exact) mass is 187 g/mol. The molecule has 0 saturated heterocycles. The molecule has 0 aromatic heterocycles. The molecule has 3 N–H and O–H groups in total. The van der Waals surface area contributed by atoms with E-state index in [4.69, 9.17) is 10.8 Å². The van der Waals surface area contributed by atoms with E-state index in [2.05, 4.69) is 17.9 Å². The summed E-state index contributed by atoms with van der Waals surface area (Å²) < 4.78 is 4.46. The molecule has 0 aliphatic heterocycles. The number of carbonyl (C=O) groups excluding carboxylic acids is 1. The van der Waals surface area contributed by atoms with E-state index in [9.17, 15) is 9.59 Å². The highest BCUT2D eigenvalue weighted by Gasteiger charge is 1.89. The van der Waals surface area contributed by atoms with Gasteiger partial charge in [-0.05, 0) is 0 Å². The van der Waals surface area contributed by atoms with Crippen LogP contribution in [0, 0.1) is 0 Å². The zero-order valence-electron chi connectivity index (χ0n) is 7.23. The third-order valence-electron chi connectivity index (χ3n) is 0.703. The summed E-state index contributed by atoms with van der Waals surface area (Å²) in [5.41, 5.74) is 5.02. The van der Waals surface area contributed by atoms with Crippen LogP contribution in [-0.2, 0) is 14.3 Å². The summed E-state index contributed by atoms with van der Waals surface area (Å²) >= 11 is 0. The Hall–Kier alpha value is -1.62. The van der Waals surface area contributed by atoms with Crippen molar-refractivity contribution in [3.05, 3.63) is 25.3 Å². The van der Waals surface area contributed by atoms with Crippen molar-refractivity contribution >= 4 is 11.9 Å². The minimum absolute atomic E-state index is 0.269. The van der Waals surface area contributed by atoms with Crippen molar-refractivity contribution < 1.29 is 19.4 Å². The molecule has 0 aliphatic carbocycles. The Morgan fingerprint density at radius 2 is 1.85 bits per heavy atom. The van der Waals surface area contributed by atoms with Crippen molar-refractivity contribution in [1.29, 1.82) is 0 Å². The van der Waals surface area contributed by atoms with Crippen LogP contribution in [0.15, 0.2) is 25.3 Å². The molecule has 0 aromatic rings. The number of nitrogens with two attached hydrogens (primary N) is 1. The summed E-state index contributed by atoms with van der Waals surface area (Å²) in [6.45, 7) is 6.79. The molecular formula is C8H13NO4. The number of carboxylic acid groups (broad SMARTS) is 1. The van der Waals surface area contributed by atoms with Gasteiger partial charge in [-0.1, -0.05) is 13.2 Å². The van der Waals surface area contributed by atoms with Crippen molar-refractivity contribution in [2.75, 3.05) is 13.2 Å². The van der Waals surface area contributed by atoms with Crippen molar-refractivity contribution in [3.63, 3.8) is 0 Å². The first-order valence-electron chi connectivity index (χ1n) is 3.43. The van der Waals surface area contributed by atoms with Crippen LogP contribution in [0.1, 0.15) is 0 Å². The number of ether oxygens (including phenoxy) is 1. The molecule has 0 bridgehead atoms. The van der Waals surface area contributed by atoms with E-state index in [1.165, 1.54) is 0 Å². The molecule has 0 radical (unpaired) electrons. The highest BCUT2D eigenvalue weighted by atomic mass is 16.5. The van der Waals surface area contributed by atoms with E-state index in [-0.39, 0.29) is 6.61 Å². The molecule has 0 unspecified atom stereocenters. The molecule has 13 heavy (non-hydrogen) atoms. The summed E-state index contributed by atoms with van der Waals surface area (Å²) in [5, 5.41) is 7.60. The van der Waals surface area contributed by atoms with E-state index in [1.54, 1.807) is 0 Å². The summed E-state index contributed by atoms with van der Waals surface area (Å²) in [6, 6.07) is 0. The Balaban J connectivity index is 0. The Kier molecular flexibility index (Phi) is 11.1. The minimum Gasteiger partial charge on any atom is -0.478 e. The second-order valence-electron chi connectivity index (χ2n) is 1.70. The van der Waals surface area contributed by atoms with Crippen LogP contribution in [0.2, 0.25) is 0 Å². The summed E-state index contributed by atoms with van der Waals surface area (Å²) in [5.74, 6) is -1.40. The lowest BCUT2D eigenvalue weighted by molar-refractivity contribution is -0.137. The van der Waals surface area contributed by atoms with Gasteiger partial charge in [0, 0.05) is 18.7 Å². The fraction of sp³-hybridized carbons (Fsp3) is 0.250. The number of aliphatic carboxylic acids is 1. The maximum Gasteiger partial charge on any atom is 0.330 e. The molecule has 0 fully saturated rings. The first-order chi connectivity index (χ1) is 6.08. The first-order valence-corrected chi connectivity index (χ1v) is 3.43. The molecule has 0 saturated carbocycles. The van der Waals surface area contributed by atoms with E-state index in [0.29, 0.717) is 6.54 Å². The van der Waals surface area contributed by atoms with E-state index in [0.717, 1.165) is 12.2 Å². The van der Waals surface area contributed by atoms with Gasteiger partial charge >= 0.3 is 11.9 Å². The number of hydrogen-bond acceptors (Lipinski definition) is 4. The quantitative estimate of drug-likeness (QED) is 0.475. The average Bonchev–Trinajstić information content (AvgIpc) is 2.15. The third-order valence-corrected chi connectivity index (χ3v) is 0.703. The molecular weight excluding hydrogens is 174 g/mol. The summed E-state index contributed by atoms with van der Waals surface area (Å²) in [6.07, 6.45) is 1.94. The van der Waals surface area contributed by atoms with Gasteiger partial charge in [-0.25, -0.2) is 9.59 Å². The lowest BCUT2D eigenvalue weighted by atomic mass is 10.6. The Morgan fingerprint density at radius 1 is 1.38 bits per heavy atom. The molecule has 0 amide bonds. The van der Waals surface area contributed by atoms with E-state index in [1.807, 2.05) is 0 Å². The molecule has 0 aliphatic rings. The van der Waals surface area contributed by atoms with Crippen molar-refractivity contribution in [2.24, 2.45) is 5.73 Å². The number of carboxylic acids is 1. The first kappa shape index (κ1) is 13.9. The largest absolute Gasteiger partial charge is 0.478 e. The zero-order chi connectivity index (χ0) is 10.7. The van der Waals surface area contributed by atoms with Gasteiger partial charge < -0.3 is 15.6 Å². The SMILES string of the molecule is C=CC(=O)O.C=CC(=O)OCCN. The molecule has 5 heteroatoms.